The first-order chi connectivity index (χ1) is 28.4. The predicted octanol–water partition coefficient (Wildman–Crippen LogP) is 3.56. The molecule has 2 saturated heterocycles. The minimum atomic E-state index is -3.62. The highest BCUT2D eigenvalue weighted by atomic mass is 79.9. The van der Waals surface area contributed by atoms with E-state index in [2.05, 4.69) is 52.5 Å². The van der Waals surface area contributed by atoms with Crippen LogP contribution < -0.4 is 32.3 Å². The minimum Gasteiger partial charge on any atom is -0.379 e. The summed E-state index contributed by atoms with van der Waals surface area (Å²) >= 11 is 3.44. The fourth-order valence-corrected chi connectivity index (χ4v) is 9.32. The van der Waals surface area contributed by atoms with Crippen molar-refractivity contribution in [3.63, 3.8) is 0 Å². The lowest BCUT2D eigenvalue weighted by Crippen LogP contribution is -2.54. The number of amides is 6. The monoisotopic (exact) mass is 908 g/mol. The molecule has 0 aliphatic carbocycles. The molecule has 6 amide bonds. The molecule has 0 radical (unpaired) electrons. The molecule has 0 saturated carbocycles. The van der Waals surface area contributed by atoms with Crippen molar-refractivity contribution in [2.24, 2.45) is 5.73 Å². The number of unbranched alkanes of at least 4 members (excludes halogenated alkanes) is 1. The van der Waals surface area contributed by atoms with Crippen molar-refractivity contribution in [3.05, 3.63) is 69.3 Å². The van der Waals surface area contributed by atoms with Crippen LogP contribution in [0.5, 0.6) is 0 Å². The number of sulfonamides is 1. The van der Waals surface area contributed by atoms with E-state index in [0.717, 1.165) is 10.5 Å². The van der Waals surface area contributed by atoms with E-state index < -0.39 is 51.1 Å². The van der Waals surface area contributed by atoms with Gasteiger partial charge in [0, 0.05) is 55.9 Å². The second kappa shape index (κ2) is 18.4. The third kappa shape index (κ3) is 10.3. The molecule has 3 aliphatic rings. The number of aryl methyl sites for hydroxylation is 1. The highest BCUT2D eigenvalue weighted by molar-refractivity contribution is 9.10. The lowest BCUT2D eigenvalue weighted by molar-refractivity contribution is -0.136. The summed E-state index contributed by atoms with van der Waals surface area (Å²) < 4.78 is 28.3. The third-order valence-electron chi connectivity index (χ3n) is 10.8. The molecule has 18 nitrogen and oxygen atoms in total. The molecule has 7 N–H and O–H groups in total. The Balaban J connectivity index is 0.907. The second-order valence-electron chi connectivity index (χ2n) is 15.8. The molecule has 2 fully saturated rings. The maximum Gasteiger partial charge on any atom is 0.264 e. The van der Waals surface area contributed by atoms with E-state index in [9.17, 15) is 37.2 Å². The normalized spacial score (nSPS) is 17.6. The summed E-state index contributed by atoms with van der Waals surface area (Å²) in [5.41, 5.74) is 7.46. The molecular formula is C40H49BrN10O8S. The fourth-order valence-electron chi connectivity index (χ4n) is 7.65. The summed E-state index contributed by atoms with van der Waals surface area (Å²) in [7, 11) is -3.62. The Hall–Kier alpha value is -5.47. The van der Waals surface area contributed by atoms with Crippen LogP contribution in [0.3, 0.4) is 0 Å². The van der Waals surface area contributed by atoms with Crippen molar-refractivity contribution in [1.82, 2.24) is 29.8 Å². The highest BCUT2D eigenvalue weighted by Crippen LogP contribution is 2.35. The van der Waals surface area contributed by atoms with Crippen molar-refractivity contribution in [2.75, 3.05) is 41.3 Å². The first-order valence-electron chi connectivity index (χ1n) is 19.8. The second-order valence-corrected chi connectivity index (χ2v) is 18.7. The summed E-state index contributed by atoms with van der Waals surface area (Å²) in [6, 6.07) is 9.08. The number of halogens is 1. The Kier molecular flexibility index (Phi) is 13.5. The SMILES string of the molecule is Cc1cccc(Nc2nc(NC3CCN(S(=O)(=O)CCNC(=O)CCCCC(C)(C)Nc4cccc5c4C(=O)N(C4CCC(=O)NC4=O)C5=O)CC3)ncc2Br)c1C(N)=O. The minimum absolute atomic E-state index is 0.0188. The molecule has 20 heteroatoms. The quantitative estimate of drug-likeness (QED) is 0.0838. The van der Waals surface area contributed by atoms with Crippen molar-refractivity contribution in [1.29, 1.82) is 0 Å². The maximum atomic E-state index is 13.5. The topological polar surface area (TPSA) is 255 Å². The number of imide groups is 2. The number of hydrogen-bond acceptors (Lipinski definition) is 13. The van der Waals surface area contributed by atoms with Crippen LogP contribution in [0, 0.1) is 6.92 Å². The van der Waals surface area contributed by atoms with E-state index in [1.54, 1.807) is 43.5 Å². The zero-order valence-corrected chi connectivity index (χ0v) is 36.0. The number of carbonyl (C=O) groups excluding carboxylic acids is 6. The van der Waals surface area contributed by atoms with Gasteiger partial charge in [0.1, 0.15) is 11.9 Å². The molecule has 0 bridgehead atoms. The van der Waals surface area contributed by atoms with Gasteiger partial charge in [0.05, 0.1) is 32.6 Å². The van der Waals surface area contributed by atoms with Gasteiger partial charge in [-0.15, -0.1) is 0 Å². The molecule has 1 atom stereocenters. The number of nitrogens with zero attached hydrogens (tertiary/aromatic N) is 4. The largest absolute Gasteiger partial charge is 0.379 e. The van der Waals surface area contributed by atoms with Crippen LogP contribution in [0.2, 0.25) is 0 Å². The van der Waals surface area contributed by atoms with Gasteiger partial charge >= 0.3 is 0 Å². The van der Waals surface area contributed by atoms with Crippen LogP contribution >= 0.6 is 15.9 Å². The van der Waals surface area contributed by atoms with Gasteiger partial charge in [-0.3, -0.25) is 39.0 Å². The van der Waals surface area contributed by atoms with Gasteiger partial charge in [-0.05, 0) is 92.6 Å². The van der Waals surface area contributed by atoms with Crippen LogP contribution in [-0.4, -0.2) is 106 Å². The molecule has 60 heavy (non-hydrogen) atoms. The Morgan fingerprint density at radius 1 is 1.00 bits per heavy atom. The number of anilines is 4. The number of aromatic nitrogens is 2. The number of benzene rings is 2. The first-order valence-corrected chi connectivity index (χ1v) is 22.2. The lowest BCUT2D eigenvalue weighted by atomic mass is 9.95. The van der Waals surface area contributed by atoms with Crippen LogP contribution in [0.1, 0.15) is 102 Å². The van der Waals surface area contributed by atoms with Gasteiger partial charge < -0.3 is 27.0 Å². The highest BCUT2D eigenvalue weighted by Gasteiger charge is 2.46. The van der Waals surface area contributed by atoms with Crippen LogP contribution in [-0.2, 0) is 24.4 Å². The number of piperidine rings is 2. The Morgan fingerprint density at radius 3 is 2.43 bits per heavy atom. The standard InChI is InChI=1S/C40H49BrN10O8S/c1-23-8-6-10-27(32(23)34(42)54)46-35-26(41)22-44-39(48-35)45-24-15-19-50(20-16-24)60(58,59)21-18-43-30(52)12-4-5-17-40(2,3)49-28-11-7-9-25-33(28)38(57)51(37(25)56)29-13-14-31(53)47-36(29)55/h6-11,22,24,29,49H,4-5,12-21H2,1-3H3,(H2,42,54)(H,43,52)(H,47,53,55)(H2,44,45,46,48). The van der Waals surface area contributed by atoms with Crippen molar-refractivity contribution >= 4 is 84.5 Å². The Morgan fingerprint density at radius 2 is 1.72 bits per heavy atom. The number of rotatable bonds is 17. The fraction of sp³-hybridized carbons (Fsp3) is 0.450. The van der Waals surface area contributed by atoms with Crippen LogP contribution in [0.15, 0.2) is 47.1 Å². The number of nitrogens with two attached hydrogens (primary N) is 1. The van der Waals surface area contributed by atoms with E-state index in [1.165, 1.54) is 10.4 Å². The summed E-state index contributed by atoms with van der Waals surface area (Å²) in [6.07, 6.45) is 4.71. The molecular weight excluding hydrogens is 860 g/mol. The van der Waals surface area contributed by atoms with Gasteiger partial charge in [-0.1, -0.05) is 24.6 Å². The maximum absolute atomic E-state index is 13.5. The van der Waals surface area contributed by atoms with Gasteiger partial charge in [0.15, 0.2) is 0 Å². The number of carbonyl (C=O) groups is 6. The summed E-state index contributed by atoms with van der Waals surface area (Å²) in [6.45, 7) is 6.23. The average molecular weight is 910 g/mol. The molecule has 0 spiro atoms. The Labute approximate surface area is 356 Å². The van der Waals surface area contributed by atoms with Crippen molar-refractivity contribution in [3.8, 4) is 0 Å². The van der Waals surface area contributed by atoms with E-state index in [4.69, 9.17) is 5.73 Å². The van der Waals surface area contributed by atoms with Crippen molar-refractivity contribution in [2.45, 2.75) is 89.8 Å². The third-order valence-corrected chi connectivity index (χ3v) is 13.2. The molecule has 6 rings (SSSR count). The van der Waals surface area contributed by atoms with Gasteiger partial charge in [-0.25, -0.2) is 17.7 Å². The van der Waals surface area contributed by atoms with E-state index >= 15 is 0 Å². The summed E-state index contributed by atoms with van der Waals surface area (Å²) in [5.74, 6) is -2.58. The molecule has 2 aromatic carbocycles. The predicted molar refractivity (Wildman–Crippen MR) is 227 cm³/mol. The zero-order chi connectivity index (χ0) is 43.4. The van der Waals surface area contributed by atoms with Gasteiger partial charge in [-0.2, -0.15) is 4.98 Å². The lowest BCUT2D eigenvalue weighted by Gasteiger charge is -2.31. The average Bonchev–Trinajstić information content (AvgIpc) is 3.44. The molecule has 1 aromatic heterocycles. The number of primary amides is 1. The van der Waals surface area contributed by atoms with E-state index in [0.29, 0.717) is 78.4 Å². The molecule has 3 aromatic rings. The molecule has 4 heterocycles. The number of hydrogen-bond donors (Lipinski definition) is 6. The zero-order valence-electron chi connectivity index (χ0n) is 33.6. The van der Waals surface area contributed by atoms with Gasteiger partial charge in [0.25, 0.3) is 17.7 Å². The smallest absolute Gasteiger partial charge is 0.264 e. The summed E-state index contributed by atoms with van der Waals surface area (Å²) in [5, 5.41) is 14.7. The number of fused-ring (bicyclic) bond motifs is 1. The van der Waals surface area contributed by atoms with Crippen molar-refractivity contribution < 1.29 is 37.2 Å². The molecule has 1 unspecified atom stereocenters. The molecule has 320 valence electrons. The van der Waals surface area contributed by atoms with Crippen LogP contribution in [0.25, 0.3) is 0 Å². The molecule has 3 aliphatic heterocycles. The van der Waals surface area contributed by atoms with Crippen LogP contribution in [0.4, 0.5) is 23.1 Å². The van der Waals surface area contributed by atoms with E-state index in [-0.39, 0.29) is 54.6 Å². The van der Waals surface area contributed by atoms with E-state index in [1.807, 2.05) is 13.8 Å². The van der Waals surface area contributed by atoms with Gasteiger partial charge in [0.2, 0.25) is 33.7 Å². The Bertz CT molecular complexity index is 2320. The first kappa shape index (κ1) is 44.1. The number of nitrogens with one attached hydrogen (secondary N) is 5. The summed E-state index contributed by atoms with van der Waals surface area (Å²) in [4.78, 5) is 85.3.